The number of anilines is 2. The molecule has 2 rings (SSSR count). The van der Waals surface area contributed by atoms with Crippen LogP contribution >= 0.6 is 0 Å². The standard InChI is InChI=1S/C11H13N5O3/c1-16-9(17)3-7(11(16)19)15-8-2-5(10(13)18)6(12)4-14-8/h2,4,7H,3,12H2,1H3,(H2,13,18)(H,14,15). The van der Waals surface area contributed by atoms with Gasteiger partial charge in [0.1, 0.15) is 11.9 Å². The third-order valence-electron chi connectivity index (χ3n) is 2.90. The van der Waals surface area contributed by atoms with Gasteiger partial charge in [-0.15, -0.1) is 0 Å². The monoisotopic (exact) mass is 263 g/mol. The van der Waals surface area contributed by atoms with Crippen molar-refractivity contribution in [2.24, 2.45) is 5.73 Å². The summed E-state index contributed by atoms with van der Waals surface area (Å²) in [6, 6.07) is 0.669. The number of nitrogens with one attached hydrogen (secondary N) is 1. The number of hydrogen-bond donors (Lipinski definition) is 3. The van der Waals surface area contributed by atoms with Crippen LogP contribution in [0.15, 0.2) is 12.3 Å². The van der Waals surface area contributed by atoms with Gasteiger partial charge in [0.25, 0.3) is 11.8 Å². The van der Waals surface area contributed by atoms with Crippen LogP contribution in [0.2, 0.25) is 0 Å². The molecule has 2 heterocycles. The fourth-order valence-corrected chi connectivity index (χ4v) is 1.81. The van der Waals surface area contributed by atoms with Crippen LogP contribution in [0, 0.1) is 0 Å². The molecule has 0 bridgehead atoms. The summed E-state index contributed by atoms with van der Waals surface area (Å²) >= 11 is 0. The second-order valence-electron chi connectivity index (χ2n) is 4.21. The van der Waals surface area contributed by atoms with Gasteiger partial charge >= 0.3 is 0 Å². The third-order valence-corrected chi connectivity index (χ3v) is 2.90. The number of nitrogens with zero attached hydrogens (tertiary/aromatic N) is 2. The van der Waals surface area contributed by atoms with E-state index in [1.54, 1.807) is 0 Å². The van der Waals surface area contributed by atoms with E-state index in [9.17, 15) is 14.4 Å². The summed E-state index contributed by atoms with van der Waals surface area (Å²) in [5.74, 6) is -1.03. The first-order chi connectivity index (χ1) is 8.90. The number of nitrogen functional groups attached to an aromatic ring is 1. The molecular weight excluding hydrogens is 250 g/mol. The topological polar surface area (TPSA) is 131 Å². The summed E-state index contributed by atoms with van der Waals surface area (Å²) in [5.41, 5.74) is 11.0. The zero-order valence-electron chi connectivity index (χ0n) is 10.2. The number of likely N-dealkylation sites (N-methyl/N-ethyl adjacent to an activating group) is 1. The highest BCUT2D eigenvalue weighted by Crippen LogP contribution is 2.18. The molecule has 8 nitrogen and oxygen atoms in total. The Hall–Kier alpha value is -2.64. The minimum absolute atomic E-state index is 0.0489. The second-order valence-corrected chi connectivity index (χ2v) is 4.21. The molecule has 1 aliphatic heterocycles. The van der Waals surface area contributed by atoms with Gasteiger partial charge in [-0.2, -0.15) is 0 Å². The van der Waals surface area contributed by atoms with Crippen LogP contribution in [-0.4, -0.2) is 40.7 Å². The molecule has 1 aromatic rings. The summed E-state index contributed by atoms with van der Waals surface area (Å²) in [5, 5.41) is 2.79. The van der Waals surface area contributed by atoms with Crippen molar-refractivity contribution in [1.82, 2.24) is 9.88 Å². The number of pyridine rings is 1. The summed E-state index contributed by atoms with van der Waals surface area (Å²) in [7, 11) is 1.41. The maximum absolute atomic E-state index is 11.7. The Morgan fingerprint density at radius 2 is 2.21 bits per heavy atom. The number of nitrogens with two attached hydrogens (primary N) is 2. The number of amides is 3. The van der Waals surface area contributed by atoms with Crippen molar-refractivity contribution in [2.45, 2.75) is 12.5 Å². The second kappa shape index (κ2) is 4.56. The SMILES string of the molecule is CN1C(=O)CC(Nc2cc(C(N)=O)c(N)cn2)C1=O. The average Bonchev–Trinajstić information content (AvgIpc) is 2.59. The molecule has 0 saturated carbocycles. The number of likely N-dealkylation sites (tertiary alicyclic amines) is 1. The number of rotatable bonds is 3. The summed E-state index contributed by atoms with van der Waals surface area (Å²) in [6.45, 7) is 0. The quantitative estimate of drug-likeness (QED) is 0.595. The van der Waals surface area contributed by atoms with E-state index in [-0.39, 0.29) is 35.3 Å². The molecule has 5 N–H and O–H groups in total. The Morgan fingerprint density at radius 3 is 2.74 bits per heavy atom. The molecule has 1 saturated heterocycles. The highest BCUT2D eigenvalue weighted by atomic mass is 16.2. The van der Waals surface area contributed by atoms with Crippen molar-refractivity contribution in [3.8, 4) is 0 Å². The van der Waals surface area contributed by atoms with E-state index in [2.05, 4.69) is 10.3 Å². The van der Waals surface area contributed by atoms with Crippen LogP contribution in [0.3, 0.4) is 0 Å². The number of carbonyl (C=O) groups excluding carboxylic acids is 3. The lowest BCUT2D eigenvalue weighted by molar-refractivity contribution is -0.136. The number of imide groups is 1. The van der Waals surface area contributed by atoms with Crippen molar-refractivity contribution < 1.29 is 14.4 Å². The van der Waals surface area contributed by atoms with Crippen LogP contribution in [0.25, 0.3) is 0 Å². The molecule has 1 fully saturated rings. The fourth-order valence-electron chi connectivity index (χ4n) is 1.81. The number of primary amides is 1. The number of hydrogen-bond acceptors (Lipinski definition) is 6. The van der Waals surface area contributed by atoms with E-state index >= 15 is 0 Å². The molecule has 100 valence electrons. The van der Waals surface area contributed by atoms with Gasteiger partial charge in [0.05, 0.1) is 23.9 Å². The van der Waals surface area contributed by atoms with Gasteiger partial charge in [0.15, 0.2) is 0 Å². The Morgan fingerprint density at radius 1 is 1.53 bits per heavy atom. The molecule has 0 spiro atoms. The van der Waals surface area contributed by atoms with E-state index in [0.29, 0.717) is 0 Å². The summed E-state index contributed by atoms with van der Waals surface area (Å²) in [6.07, 6.45) is 1.32. The lowest BCUT2D eigenvalue weighted by Gasteiger charge is -2.12. The molecule has 3 amide bonds. The van der Waals surface area contributed by atoms with Crippen molar-refractivity contribution in [3.05, 3.63) is 17.8 Å². The molecule has 19 heavy (non-hydrogen) atoms. The van der Waals surface area contributed by atoms with Gasteiger partial charge in [-0.3, -0.25) is 19.3 Å². The smallest absolute Gasteiger partial charge is 0.251 e. The predicted octanol–water partition coefficient (Wildman–Crippen LogP) is -1.07. The van der Waals surface area contributed by atoms with E-state index in [1.165, 1.54) is 19.3 Å². The van der Waals surface area contributed by atoms with Crippen molar-refractivity contribution in [2.75, 3.05) is 18.1 Å². The Balaban J connectivity index is 2.21. The zero-order valence-corrected chi connectivity index (χ0v) is 10.2. The zero-order chi connectivity index (χ0) is 14.2. The van der Waals surface area contributed by atoms with Gasteiger partial charge in [-0.1, -0.05) is 0 Å². The molecular formula is C11H13N5O3. The molecule has 0 radical (unpaired) electrons. The predicted molar refractivity (Wildman–Crippen MR) is 67.0 cm³/mol. The Bertz CT molecular complexity index is 571. The first kappa shape index (κ1) is 12.8. The van der Waals surface area contributed by atoms with Crippen LogP contribution in [-0.2, 0) is 9.59 Å². The van der Waals surface area contributed by atoms with Gasteiger partial charge in [-0.25, -0.2) is 4.98 Å². The lowest BCUT2D eigenvalue weighted by atomic mass is 10.2. The Labute approximate surface area is 108 Å². The molecule has 1 atom stereocenters. The average molecular weight is 263 g/mol. The van der Waals surface area contributed by atoms with Crippen LogP contribution < -0.4 is 16.8 Å². The largest absolute Gasteiger partial charge is 0.397 e. The van der Waals surface area contributed by atoms with E-state index in [0.717, 1.165) is 4.90 Å². The minimum Gasteiger partial charge on any atom is -0.397 e. The van der Waals surface area contributed by atoms with Crippen LogP contribution in [0.5, 0.6) is 0 Å². The normalized spacial score (nSPS) is 18.8. The highest BCUT2D eigenvalue weighted by Gasteiger charge is 2.36. The van der Waals surface area contributed by atoms with Crippen molar-refractivity contribution in [3.63, 3.8) is 0 Å². The van der Waals surface area contributed by atoms with E-state index in [4.69, 9.17) is 11.5 Å². The molecule has 1 aliphatic rings. The van der Waals surface area contributed by atoms with Crippen LogP contribution in [0.1, 0.15) is 16.8 Å². The number of carbonyl (C=O) groups is 3. The molecule has 0 aromatic carbocycles. The lowest BCUT2D eigenvalue weighted by Crippen LogP contribution is -2.32. The van der Waals surface area contributed by atoms with E-state index < -0.39 is 11.9 Å². The van der Waals surface area contributed by atoms with Gasteiger partial charge in [0, 0.05) is 7.05 Å². The van der Waals surface area contributed by atoms with Crippen molar-refractivity contribution in [1.29, 1.82) is 0 Å². The Kier molecular flexibility index (Phi) is 3.07. The van der Waals surface area contributed by atoms with E-state index in [1.807, 2.05) is 0 Å². The molecule has 0 aliphatic carbocycles. The highest BCUT2D eigenvalue weighted by molar-refractivity contribution is 6.06. The first-order valence-electron chi connectivity index (χ1n) is 5.52. The van der Waals surface area contributed by atoms with Gasteiger partial charge in [0.2, 0.25) is 5.91 Å². The summed E-state index contributed by atoms with van der Waals surface area (Å²) < 4.78 is 0. The molecule has 1 unspecified atom stereocenters. The molecule has 8 heteroatoms. The minimum atomic E-state index is -0.686. The fraction of sp³-hybridized carbons (Fsp3) is 0.273. The maximum Gasteiger partial charge on any atom is 0.251 e. The molecule has 1 aromatic heterocycles. The van der Waals surface area contributed by atoms with Gasteiger partial charge < -0.3 is 16.8 Å². The maximum atomic E-state index is 11.7. The number of aromatic nitrogens is 1. The van der Waals surface area contributed by atoms with Crippen molar-refractivity contribution >= 4 is 29.2 Å². The third kappa shape index (κ3) is 2.32. The van der Waals surface area contributed by atoms with Gasteiger partial charge in [-0.05, 0) is 6.07 Å². The first-order valence-corrected chi connectivity index (χ1v) is 5.52. The summed E-state index contributed by atoms with van der Waals surface area (Å²) in [4.78, 5) is 39.2. The van der Waals surface area contributed by atoms with Crippen LogP contribution in [0.4, 0.5) is 11.5 Å².